The number of guanidine groups is 1. The second kappa shape index (κ2) is 16.1. The van der Waals surface area contributed by atoms with E-state index in [4.69, 9.17) is 28.7 Å². The van der Waals surface area contributed by atoms with Crippen molar-refractivity contribution >= 4 is 41.5 Å². The van der Waals surface area contributed by atoms with Gasteiger partial charge in [-0.25, -0.2) is 4.79 Å². The summed E-state index contributed by atoms with van der Waals surface area (Å²) in [6, 6.07) is -0.180. The molecule has 1 aromatic carbocycles. The van der Waals surface area contributed by atoms with E-state index in [0.717, 1.165) is 0 Å². The van der Waals surface area contributed by atoms with E-state index < -0.39 is 72.5 Å². The first kappa shape index (κ1) is 33.1. The highest BCUT2D eigenvalue weighted by Gasteiger charge is 2.31. The predicted molar refractivity (Wildman–Crippen MR) is 141 cm³/mol. The predicted octanol–water partition coefficient (Wildman–Crippen LogP) is -4.39. The molecule has 0 aliphatic heterocycles. The molecule has 1 rings (SSSR count). The number of rotatable bonds is 17. The number of benzene rings is 1. The Morgan fingerprint density at radius 3 is 1.82 bits per heavy atom. The molecule has 220 valence electrons. The van der Waals surface area contributed by atoms with Crippen molar-refractivity contribution in [1.29, 1.82) is 0 Å². The SMILES string of the molecule is NC(=O)CC(N)C(=O)NC(CCCN=C(N)N)C(=O)NC(CC(N)=O)C(=O)NC(Cc1ccc(O)cc1)C(=O)O. The summed E-state index contributed by atoms with van der Waals surface area (Å²) in [4.78, 5) is 76.7. The molecule has 17 nitrogen and oxygen atoms in total. The third-order valence-electron chi connectivity index (χ3n) is 5.37. The number of nitrogens with two attached hydrogens (primary N) is 5. The summed E-state index contributed by atoms with van der Waals surface area (Å²) in [5.41, 5.74) is 26.9. The Morgan fingerprint density at radius 2 is 1.30 bits per heavy atom. The first-order chi connectivity index (χ1) is 18.7. The lowest BCUT2D eigenvalue weighted by Crippen LogP contribution is -2.58. The summed E-state index contributed by atoms with van der Waals surface area (Å²) >= 11 is 0. The van der Waals surface area contributed by atoms with Crippen LogP contribution in [-0.2, 0) is 35.2 Å². The third kappa shape index (κ3) is 12.5. The van der Waals surface area contributed by atoms with Gasteiger partial charge in [-0.1, -0.05) is 12.1 Å². The van der Waals surface area contributed by atoms with Gasteiger partial charge in [0.05, 0.1) is 18.9 Å². The van der Waals surface area contributed by atoms with Crippen LogP contribution in [0.3, 0.4) is 0 Å². The first-order valence-electron chi connectivity index (χ1n) is 12.0. The van der Waals surface area contributed by atoms with E-state index in [9.17, 15) is 39.0 Å². The lowest BCUT2D eigenvalue weighted by Gasteiger charge is -2.24. The van der Waals surface area contributed by atoms with Crippen molar-refractivity contribution in [2.45, 2.75) is 56.3 Å². The fourth-order valence-electron chi connectivity index (χ4n) is 3.38. The van der Waals surface area contributed by atoms with Crippen LogP contribution < -0.4 is 44.6 Å². The molecule has 0 saturated carbocycles. The van der Waals surface area contributed by atoms with Gasteiger partial charge in [0.25, 0.3) is 0 Å². The highest BCUT2D eigenvalue weighted by atomic mass is 16.4. The fraction of sp³-hybridized carbons (Fsp3) is 0.435. The summed E-state index contributed by atoms with van der Waals surface area (Å²) in [5, 5.41) is 25.9. The zero-order valence-electron chi connectivity index (χ0n) is 21.5. The van der Waals surface area contributed by atoms with Gasteiger partial charge in [0.2, 0.25) is 29.5 Å². The monoisotopic (exact) mass is 565 g/mol. The molecule has 1 aromatic rings. The molecule has 0 fully saturated rings. The Hall–Kier alpha value is -4.93. The molecule has 40 heavy (non-hydrogen) atoms. The number of nitrogens with one attached hydrogen (secondary N) is 3. The number of amides is 5. The van der Waals surface area contributed by atoms with E-state index in [1.807, 2.05) is 0 Å². The van der Waals surface area contributed by atoms with Crippen molar-refractivity contribution in [2.75, 3.05) is 6.54 Å². The van der Waals surface area contributed by atoms with E-state index in [1.165, 1.54) is 24.3 Å². The van der Waals surface area contributed by atoms with Gasteiger partial charge >= 0.3 is 5.97 Å². The Kier molecular flexibility index (Phi) is 13.3. The lowest BCUT2D eigenvalue weighted by molar-refractivity contribution is -0.142. The number of carboxylic acids is 1. The molecule has 0 heterocycles. The number of hydrogen-bond donors (Lipinski definition) is 10. The van der Waals surface area contributed by atoms with Crippen LogP contribution >= 0.6 is 0 Å². The topological polar surface area (TPSA) is 321 Å². The van der Waals surface area contributed by atoms with Crippen LogP contribution in [0.5, 0.6) is 5.75 Å². The van der Waals surface area contributed by atoms with Gasteiger partial charge in [0.1, 0.15) is 23.9 Å². The summed E-state index contributed by atoms with van der Waals surface area (Å²) in [7, 11) is 0. The maximum Gasteiger partial charge on any atom is 0.326 e. The molecule has 0 spiro atoms. The van der Waals surface area contributed by atoms with Crippen LogP contribution in [0.15, 0.2) is 29.3 Å². The quantitative estimate of drug-likeness (QED) is 0.0488. The van der Waals surface area contributed by atoms with E-state index >= 15 is 0 Å². The molecule has 0 aliphatic carbocycles. The molecule has 4 atom stereocenters. The van der Waals surface area contributed by atoms with E-state index in [0.29, 0.717) is 5.56 Å². The Labute approximate surface area is 228 Å². The van der Waals surface area contributed by atoms with Crippen LogP contribution in [-0.4, -0.2) is 82.4 Å². The van der Waals surface area contributed by atoms with E-state index in [1.54, 1.807) is 0 Å². The second-order valence-electron chi connectivity index (χ2n) is 8.79. The van der Waals surface area contributed by atoms with E-state index in [-0.39, 0.29) is 37.5 Å². The Balaban J connectivity index is 3.07. The van der Waals surface area contributed by atoms with Crippen molar-refractivity contribution in [3.8, 4) is 5.75 Å². The molecule has 0 saturated heterocycles. The molecule has 15 N–H and O–H groups in total. The summed E-state index contributed by atoms with van der Waals surface area (Å²) < 4.78 is 0. The normalized spacial score (nSPS) is 13.5. The molecule has 17 heteroatoms. The zero-order chi connectivity index (χ0) is 30.4. The van der Waals surface area contributed by atoms with Gasteiger partial charge in [-0.3, -0.25) is 29.0 Å². The molecular formula is C23H35N9O8. The molecule has 0 aromatic heterocycles. The molecule has 4 unspecified atom stereocenters. The van der Waals surface area contributed by atoms with Crippen molar-refractivity contribution in [2.24, 2.45) is 33.7 Å². The number of aromatic hydroxyl groups is 1. The van der Waals surface area contributed by atoms with Gasteiger partial charge in [0.15, 0.2) is 5.96 Å². The number of carboxylic acid groups (broad SMARTS) is 1. The fourth-order valence-corrected chi connectivity index (χ4v) is 3.38. The highest BCUT2D eigenvalue weighted by Crippen LogP contribution is 2.12. The third-order valence-corrected chi connectivity index (χ3v) is 5.37. The molecule has 0 aliphatic rings. The average molecular weight is 566 g/mol. The lowest BCUT2D eigenvalue weighted by atomic mass is 10.0. The molecule has 0 bridgehead atoms. The van der Waals surface area contributed by atoms with Gasteiger partial charge in [0, 0.05) is 13.0 Å². The van der Waals surface area contributed by atoms with Gasteiger partial charge < -0.3 is 54.8 Å². The second-order valence-corrected chi connectivity index (χ2v) is 8.79. The number of carbonyl (C=O) groups is 6. The number of phenols is 1. The number of aliphatic carboxylic acids is 1. The standard InChI is InChI=1S/C23H35N9O8/c24-13(9-17(25)34)19(36)30-14(2-1-7-29-23(27)28)20(37)31-15(10-18(26)35)21(38)32-16(22(39)40)8-11-3-5-12(33)6-4-11/h3-6,13-16,33H,1-2,7-10,24H2,(H2,25,34)(H2,26,35)(H,30,36)(H,31,37)(H,32,38)(H,39,40)(H4,27,28,29). The minimum Gasteiger partial charge on any atom is -0.508 e. The Bertz CT molecular complexity index is 1110. The minimum atomic E-state index is -1.61. The van der Waals surface area contributed by atoms with Crippen molar-refractivity contribution in [1.82, 2.24) is 16.0 Å². The average Bonchev–Trinajstić information content (AvgIpc) is 2.85. The van der Waals surface area contributed by atoms with Crippen molar-refractivity contribution in [3.63, 3.8) is 0 Å². The minimum absolute atomic E-state index is 0.0422. The maximum atomic E-state index is 13.1. The summed E-state index contributed by atoms with van der Waals surface area (Å²) in [6.45, 7) is 0.0814. The smallest absolute Gasteiger partial charge is 0.326 e. The number of aliphatic imine (C=N–C) groups is 1. The van der Waals surface area contributed by atoms with Gasteiger partial charge in [-0.15, -0.1) is 0 Å². The maximum absolute atomic E-state index is 13.1. The van der Waals surface area contributed by atoms with Gasteiger partial charge in [-0.05, 0) is 30.5 Å². The molecular weight excluding hydrogens is 530 g/mol. The number of hydrogen-bond acceptors (Lipinski definition) is 9. The number of phenolic OH excluding ortho intramolecular Hbond substituents is 1. The summed E-state index contributed by atoms with van der Waals surface area (Å²) in [5.74, 6) is -6.34. The van der Waals surface area contributed by atoms with Crippen LogP contribution in [0, 0.1) is 0 Å². The van der Waals surface area contributed by atoms with E-state index in [2.05, 4.69) is 20.9 Å². The van der Waals surface area contributed by atoms with Crippen LogP contribution in [0.1, 0.15) is 31.2 Å². The van der Waals surface area contributed by atoms with Crippen LogP contribution in [0.25, 0.3) is 0 Å². The number of primary amides is 2. The van der Waals surface area contributed by atoms with Gasteiger partial charge in [-0.2, -0.15) is 0 Å². The number of nitrogens with zero attached hydrogens (tertiary/aromatic N) is 1. The molecule has 0 radical (unpaired) electrons. The van der Waals surface area contributed by atoms with Crippen LogP contribution in [0.4, 0.5) is 0 Å². The Morgan fingerprint density at radius 1 is 0.775 bits per heavy atom. The zero-order valence-corrected chi connectivity index (χ0v) is 21.5. The van der Waals surface area contributed by atoms with Crippen molar-refractivity contribution < 1.29 is 39.0 Å². The number of carbonyl (C=O) groups excluding carboxylic acids is 5. The largest absolute Gasteiger partial charge is 0.508 e. The first-order valence-corrected chi connectivity index (χ1v) is 12.0. The molecule has 5 amide bonds. The summed E-state index contributed by atoms with van der Waals surface area (Å²) in [6.07, 6.45) is -1.25. The van der Waals surface area contributed by atoms with Crippen LogP contribution in [0.2, 0.25) is 0 Å². The van der Waals surface area contributed by atoms with Crippen molar-refractivity contribution in [3.05, 3.63) is 29.8 Å². The highest BCUT2D eigenvalue weighted by molar-refractivity contribution is 5.96.